The number of carbonyl (C=O) groups is 1. The molecule has 126 valence electrons. The fourth-order valence-corrected chi connectivity index (χ4v) is 3.12. The first-order chi connectivity index (χ1) is 11.5. The highest BCUT2D eigenvalue weighted by Crippen LogP contribution is 2.22. The van der Waals surface area contributed by atoms with E-state index in [-0.39, 0.29) is 12.3 Å². The number of aliphatic hydroxyl groups excluding tert-OH is 1. The maximum Gasteiger partial charge on any atom is 0.303 e. The summed E-state index contributed by atoms with van der Waals surface area (Å²) in [5.74, 6) is -0.394. The Kier molecular flexibility index (Phi) is 4.87. The zero-order chi connectivity index (χ0) is 17.1. The van der Waals surface area contributed by atoms with Crippen molar-refractivity contribution in [3.63, 3.8) is 0 Å². The average molecular weight is 327 g/mol. The Hall–Kier alpha value is -2.31. The Morgan fingerprint density at radius 3 is 2.71 bits per heavy atom. The molecule has 1 saturated heterocycles. The predicted molar refractivity (Wildman–Crippen MR) is 89.2 cm³/mol. The van der Waals surface area contributed by atoms with E-state index >= 15 is 0 Å². The molecule has 2 heterocycles. The molecule has 24 heavy (non-hydrogen) atoms. The summed E-state index contributed by atoms with van der Waals surface area (Å²) in [6.45, 7) is 3.70. The quantitative estimate of drug-likeness (QED) is 0.869. The van der Waals surface area contributed by atoms with Gasteiger partial charge in [0, 0.05) is 49.1 Å². The number of carboxylic acids is 1. The monoisotopic (exact) mass is 327 g/mol. The lowest BCUT2D eigenvalue weighted by molar-refractivity contribution is -0.138. The number of nitrogens with zero attached hydrogens (tertiary/aromatic N) is 3. The van der Waals surface area contributed by atoms with Gasteiger partial charge in [0.05, 0.1) is 12.5 Å². The lowest BCUT2D eigenvalue weighted by atomic mass is 10.0. The van der Waals surface area contributed by atoms with Crippen LogP contribution in [0.1, 0.15) is 17.5 Å². The molecule has 0 unspecified atom stereocenters. The molecule has 1 aromatic carbocycles. The van der Waals surface area contributed by atoms with Crippen LogP contribution < -0.4 is 0 Å². The number of hydrogen-bond donors (Lipinski definition) is 2. The molecule has 1 fully saturated rings. The summed E-state index contributed by atoms with van der Waals surface area (Å²) < 4.78 is 0. The van der Waals surface area contributed by atoms with Crippen LogP contribution in [0.25, 0.3) is 11.4 Å². The summed E-state index contributed by atoms with van der Waals surface area (Å²) in [6.07, 6.45) is 3.00. The van der Waals surface area contributed by atoms with Crippen LogP contribution in [-0.2, 0) is 11.3 Å². The molecule has 1 aromatic heterocycles. The van der Waals surface area contributed by atoms with Gasteiger partial charge in [-0.2, -0.15) is 0 Å². The predicted octanol–water partition coefficient (Wildman–Crippen LogP) is 1.72. The van der Waals surface area contributed by atoms with Crippen molar-refractivity contribution in [2.45, 2.75) is 26.0 Å². The molecule has 0 spiro atoms. The lowest BCUT2D eigenvalue weighted by Crippen LogP contribution is -2.21. The van der Waals surface area contributed by atoms with Gasteiger partial charge < -0.3 is 10.2 Å². The minimum Gasteiger partial charge on any atom is -0.481 e. The first kappa shape index (κ1) is 16.5. The number of aryl methyl sites for hydroxylation is 1. The normalized spacial score (nSPS) is 21.1. The van der Waals surface area contributed by atoms with E-state index in [0.29, 0.717) is 25.5 Å². The van der Waals surface area contributed by atoms with Gasteiger partial charge in [0.25, 0.3) is 0 Å². The van der Waals surface area contributed by atoms with Crippen LogP contribution in [0, 0.1) is 12.8 Å². The van der Waals surface area contributed by atoms with Crippen LogP contribution in [0.5, 0.6) is 0 Å². The summed E-state index contributed by atoms with van der Waals surface area (Å²) in [7, 11) is 0. The molecule has 0 radical (unpaired) electrons. The zero-order valence-corrected chi connectivity index (χ0v) is 13.6. The maximum atomic E-state index is 10.8. The van der Waals surface area contributed by atoms with Crippen molar-refractivity contribution < 1.29 is 15.0 Å². The number of likely N-dealkylation sites (tertiary alicyclic amines) is 1. The third kappa shape index (κ3) is 3.96. The topological polar surface area (TPSA) is 86.6 Å². The Balaban J connectivity index is 1.64. The molecule has 3 rings (SSSR count). The van der Waals surface area contributed by atoms with Crippen LogP contribution >= 0.6 is 0 Å². The van der Waals surface area contributed by atoms with Crippen molar-refractivity contribution in [1.29, 1.82) is 0 Å². The van der Waals surface area contributed by atoms with E-state index < -0.39 is 12.1 Å². The molecule has 2 N–H and O–H groups in total. The molecule has 0 saturated carbocycles. The SMILES string of the molecule is Cc1cccc(-c2ncc(CN3C[C@@H](CC(=O)O)[C@H](O)C3)cn2)c1. The second-order valence-corrected chi connectivity index (χ2v) is 6.40. The first-order valence-corrected chi connectivity index (χ1v) is 8.01. The van der Waals surface area contributed by atoms with Gasteiger partial charge in [0.2, 0.25) is 0 Å². The second kappa shape index (κ2) is 7.07. The third-order valence-corrected chi connectivity index (χ3v) is 4.31. The Labute approximate surface area is 140 Å². The highest BCUT2D eigenvalue weighted by Gasteiger charge is 2.32. The van der Waals surface area contributed by atoms with Crippen molar-refractivity contribution in [2.75, 3.05) is 13.1 Å². The van der Waals surface area contributed by atoms with Crippen molar-refractivity contribution in [3.8, 4) is 11.4 Å². The minimum atomic E-state index is -0.869. The molecule has 2 atom stereocenters. The van der Waals surface area contributed by atoms with E-state index in [9.17, 15) is 9.90 Å². The van der Waals surface area contributed by atoms with E-state index in [1.165, 1.54) is 0 Å². The van der Waals surface area contributed by atoms with Crippen molar-refractivity contribution in [2.24, 2.45) is 5.92 Å². The Morgan fingerprint density at radius 1 is 1.29 bits per heavy atom. The average Bonchev–Trinajstić information content (AvgIpc) is 2.87. The van der Waals surface area contributed by atoms with E-state index in [2.05, 4.69) is 9.97 Å². The molecule has 6 heteroatoms. The number of aromatic nitrogens is 2. The van der Waals surface area contributed by atoms with Gasteiger partial charge in [-0.25, -0.2) is 9.97 Å². The molecule has 0 aliphatic carbocycles. The molecule has 0 bridgehead atoms. The van der Waals surface area contributed by atoms with E-state index in [1.54, 1.807) is 12.4 Å². The van der Waals surface area contributed by atoms with E-state index in [1.807, 2.05) is 36.1 Å². The second-order valence-electron chi connectivity index (χ2n) is 6.40. The van der Waals surface area contributed by atoms with Gasteiger partial charge in [-0.05, 0) is 13.0 Å². The van der Waals surface area contributed by atoms with Gasteiger partial charge in [-0.3, -0.25) is 9.69 Å². The highest BCUT2D eigenvalue weighted by molar-refractivity contribution is 5.67. The Morgan fingerprint density at radius 2 is 2.04 bits per heavy atom. The summed E-state index contributed by atoms with van der Waals surface area (Å²) in [5.41, 5.74) is 3.10. The largest absolute Gasteiger partial charge is 0.481 e. The van der Waals surface area contributed by atoms with Gasteiger partial charge in [0.15, 0.2) is 5.82 Å². The standard InChI is InChI=1S/C18H21N3O3/c1-12-3-2-4-14(5-12)18-19-7-13(8-20-18)9-21-10-15(6-17(23)24)16(22)11-21/h2-5,7-8,15-16,22H,6,9-11H2,1H3,(H,23,24)/t15-,16-/m1/s1. The lowest BCUT2D eigenvalue weighted by Gasteiger charge is -2.14. The number of rotatable bonds is 5. The van der Waals surface area contributed by atoms with E-state index in [0.717, 1.165) is 16.7 Å². The fraction of sp³-hybridized carbons (Fsp3) is 0.389. The van der Waals surface area contributed by atoms with E-state index in [4.69, 9.17) is 5.11 Å². The third-order valence-electron chi connectivity index (χ3n) is 4.31. The Bertz CT molecular complexity index is 718. The first-order valence-electron chi connectivity index (χ1n) is 8.01. The summed E-state index contributed by atoms with van der Waals surface area (Å²) >= 11 is 0. The minimum absolute atomic E-state index is 0.000459. The number of carboxylic acid groups (broad SMARTS) is 1. The molecule has 0 amide bonds. The van der Waals surface area contributed by atoms with Gasteiger partial charge >= 0.3 is 5.97 Å². The fourth-order valence-electron chi connectivity index (χ4n) is 3.12. The number of benzene rings is 1. The van der Waals surface area contributed by atoms with Crippen LogP contribution in [0.3, 0.4) is 0 Å². The van der Waals surface area contributed by atoms with Crippen LogP contribution in [0.15, 0.2) is 36.7 Å². The zero-order valence-electron chi connectivity index (χ0n) is 13.6. The number of aliphatic hydroxyl groups is 1. The number of aliphatic carboxylic acids is 1. The molecule has 2 aromatic rings. The number of β-amino-alcohol motifs (C(OH)–C–C–N with tert-alkyl or cyclic N) is 1. The van der Waals surface area contributed by atoms with Crippen LogP contribution in [0.4, 0.5) is 0 Å². The molecule has 6 nitrogen and oxygen atoms in total. The van der Waals surface area contributed by atoms with Gasteiger partial charge in [0.1, 0.15) is 0 Å². The summed E-state index contributed by atoms with van der Waals surface area (Å²) in [4.78, 5) is 21.7. The summed E-state index contributed by atoms with van der Waals surface area (Å²) in [6, 6.07) is 8.04. The smallest absolute Gasteiger partial charge is 0.303 e. The summed E-state index contributed by atoms with van der Waals surface area (Å²) in [5, 5.41) is 18.8. The van der Waals surface area contributed by atoms with Gasteiger partial charge in [-0.15, -0.1) is 0 Å². The maximum absolute atomic E-state index is 10.8. The number of hydrogen-bond acceptors (Lipinski definition) is 5. The highest BCUT2D eigenvalue weighted by atomic mass is 16.4. The molecular formula is C18H21N3O3. The van der Waals surface area contributed by atoms with Crippen LogP contribution in [0.2, 0.25) is 0 Å². The van der Waals surface area contributed by atoms with Gasteiger partial charge in [-0.1, -0.05) is 23.8 Å². The molecule has 1 aliphatic heterocycles. The van der Waals surface area contributed by atoms with Crippen molar-refractivity contribution >= 4 is 5.97 Å². The molecular weight excluding hydrogens is 306 g/mol. The van der Waals surface area contributed by atoms with Crippen LogP contribution in [-0.4, -0.2) is 50.2 Å². The molecule has 1 aliphatic rings. The van der Waals surface area contributed by atoms with Crippen molar-refractivity contribution in [1.82, 2.24) is 14.9 Å². The van der Waals surface area contributed by atoms with Crippen molar-refractivity contribution in [3.05, 3.63) is 47.8 Å².